The maximum absolute atomic E-state index is 2.41. The van der Waals surface area contributed by atoms with Gasteiger partial charge in [0, 0.05) is 17.1 Å². The van der Waals surface area contributed by atoms with Gasteiger partial charge in [-0.15, -0.1) is 0 Å². The van der Waals surface area contributed by atoms with Crippen LogP contribution in [0.4, 0.5) is 17.1 Å². The lowest BCUT2D eigenvalue weighted by atomic mass is 9.94. The maximum Gasteiger partial charge on any atom is 0.0467 e. The van der Waals surface area contributed by atoms with Crippen molar-refractivity contribution in [1.29, 1.82) is 0 Å². The lowest BCUT2D eigenvalue weighted by Crippen LogP contribution is -2.10. The van der Waals surface area contributed by atoms with Crippen molar-refractivity contribution in [3.05, 3.63) is 224 Å². The smallest absolute Gasteiger partial charge is 0.0467 e. The average molecular weight is 748 g/mol. The fraction of sp³-hybridized carbons (Fsp3) is 0. The third-order valence-corrected chi connectivity index (χ3v) is 12.4. The standard InChI is InChI=1S/C58H37N/c1-3-18-48-38(11-1)13-9-22-50(48)40-27-30-45(31-28-40)59(46-16-7-14-41(36-46)42-29-32-51-44(35-42)26-25-39-12-2-4-19-49(39)51)47-17-8-15-43(37-47)52-33-34-57-54-21-6-5-20-53(54)56-24-10-23-55(52)58(56)57/h1-37H. The Kier molecular flexibility index (Phi) is 7.61. The summed E-state index contributed by atoms with van der Waals surface area (Å²) in [6.45, 7) is 0. The molecule has 0 heterocycles. The first-order valence-electron chi connectivity index (χ1n) is 20.4. The van der Waals surface area contributed by atoms with E-state index in [-0.39, 0.29) is 0 Å². The molecule has 11 aromatic carbocycles. The van der Waals surface area contributed by atoms with Crippen LogP contribution in [0.3, 0.4) is 0 Å². The Bertz CT molecular complexity index is 3410. The zero-order valence-electron chi connectivity index (χ0n) is 32.3. The lowest BCUT2D eigenvalue weighted by molar-refractivity contribution is 1.28. The highest BCUT2D eigenvalue weighted by Gasteiger charge is 2.23. The molecule has 0 saturated carbocycles. The first kappa shape index (κ1) is 33.4. The Balaban J connectivity index is 0.998. The van der Waals surface area contributed by atoms with Gasteiger partial charge in [-0.25, -0.2) is 0 Å². The molecule has 0 spiro atoms. The number of benzene rings is 11. The Morgan fingerprint density at radius 2 is 0.712 bits per heavy atom. The van der Waals surface area contributed by atoms with Gasteiger partial charge in [-0.2, -0.15) is 0 Å². The number of anilines is 3. The van der Waals surface area contributed by atoms with Gasteiger partial charge >= 0.3 is 0 Å². The highest BCUT2D eigenvalue weighted by molar-refractivity contribution is 6.18. The first-order valence-corrected chi connectivity index (χ1v) is 20.4. The Morgan fingerprint density at radius 3 is 1.53 bits per heavy atom. The summed E-state index contributed by atoms with van der Waals surface area (Å²) >= 11 is 0. The summed E-state index contributed by atoms with van der Waals surface area (Å²) < 4.78 is 0. The van der Waals surface area contributed by atoms with Crippen molar-refractivity contribution in [2.24, 2.45) is 0 Å². The second-order valence-corrected chi connectivity index (χ2v) is 15.7. The van der Waals surface area contributed by atoms with E-state index in [1.807, 2.05) is 0 Å². The van der Waals surface area contributed by atoms with Gasteiger partial charge in [0.2, 0.25) is 0 Å². The van der Waals surface area contributed by atoms with E-state index < -0.39 is 0 Å². The predicted octanol–water partition coefficient (Wildman–Crippen LogP) is 16.4. The second kappa shape index (κ2) is 13.4. The van der Waals surface area contributed by atoms with E-state index in [0.29, 0.717) is 0 Å². The molecule has 0 fully saturated rings. The molecule has 11 aromatic rings. The van der Waals surface area contributed by atoms with Crippen LogP contribution in [0, 0.1) is 0 Å². The number of rotatable bonds is 6. The summed E-state index contributed by atoms with van der Waals surface area (Å²) in [5.41, 5.74) is 15.8. The molecule has 0 N–H and O–H groups in total. The van der Waals surface area contributed by atoms with Crippen LogP contribution < -0.4 is 4.90 Å². The van der Waals surface area contributed by atoms with Gasteiger partial charge in [0.25, 0.3) is 0 Å². The molecule has 0 aromatic heterocycles. The summed E-state index contributed by atoms with van der Waals surface area (Å²) in [6.07, 6.45) is 0. The van der Waals surface area contributed by atoms with Gasteiger partial charge in [-0.05, 0) is 141 Å². The van der Waals surface area contributed by atoms with Crippen molar-refractivity contribution < 1.29 is 0 Å². The highest BCUT2D eigenvalue weighted by atomic mass is 15.1. The normalized spacial score (nSPS) is 11.7. The van der Waals surface area contributed by atoms with E-state index in [9.17, 15) is 0 Å². The van der Waals surface area contributed by atoms with Gasteiger partial charge in [-0.1, -0.05) is 182 Å². The van der Waals surface area contributed by atoms with Crippen LogP contribution in [-0.2, 0) is 0 Å². The summed E-state index contributed by atoms with van der Waals surface area (Å²) in [5.74, 6) is 0. The third kappa shape index (κ3) is 5.47. The van der Waals surface area contributed by atoms with Gasteiger partial charge in [0.05, 0.1) is 0 Å². The molecule has 59 heavy (non-hydrogen) atoms. The lowest BCUT2D eigenvalue weighted by Gasteiger charge is -2.27. The predicted molar refractivity (Wildman–Crippen MR) is 252 cm³/mol. The number of nitrogens with zero attached hydrogens (tertiary/aromatic N) is 1. The molecule has 1 aliphatic rings. The van der Waals surface area contributed by atoms with E-state index in [1.54, 1.807) is 0 Å². The topological polar surface area (TPSA) is 3.24 Å². The van der Waals surface area contributed by atoms with Gasteiger partial charge in [-0.3, -0.25) is 0 Å². The van der Waals surface area contributed by atoms with Crippen LogP contribution in [-0.4, -0.2) is 0 Å². The first-order chi connectivity index (χ1) is 29.2. The number of hydrogen-bond donors (Lipinski definition) is 0. The van der Waals surface area contributed by atoms with Crippen LogP contribution >= 0.6 is 0 Å². The molecular formula is C58H37N. The fourth-order valence-electron chi connectivity index (χ4n) is 9.60. The molecular weight excluding hydrogens is 711 g/mol. The molecule has 12 rings (SSSR count). The Hall–Kier alpha value is -7.74. The zero-order chi connectivity index (χ0) is 38.9. The van der Waals surface area contributed by atoms with E-state index in [2.05, 4.69) is 229 Å². The quantitative estimate of drug-likeness (QED) is 0.153. The van der Waals surface area contributed by atoms with E-state index in [1.165, 1.54) is 98.7 Å². The highest BCUT2D eigenvalue weighted by Crippen LogP contribution is 2.50. The van der Waals surface area contributed by atoms with Crippen LogP contribution in [0.2, 0.25) is 0 Å². The molecule has 0 saturated heterocycles. The molecule has 1 heteroatoms. The molecule has 0 radical (unpaired) electrons. The number of hydrogen-bond acceptors (Lipinski definition) is 1. The second-order valence-electron chi connectivity index (χ2n) is 15.7. The minimum absolute atomic E-state index is 1.10. The molecule has 0 atom stereocenters. The maximum atomic E-state index is 2.41. The van der Waals surface area contributed by atoms with E-state index >= 15 is 0 Å². The van der Waals surface area contributed by atoms with Crippen molar-refractivity contribution in [3.8, 4) is 55.6 Å². The summed E-state index contributed by atoms with van der Waals surface area (Å²) in [7, 11) is 0. The van der Waals surface area contributed by atoms with Crippen molar-refractivity contribution >= 4 is 60.2 Å². The SMILES string of the molecule is c1cc(-c2ccc3c(ccc4ccccc43)c2)cc(N(c2ccc(-c3cccc4ccccc34)cc2)c2cccc(-c3ccc4c5c(cccc35)-c3ccccc3-4)c2)c1. The van der Waals surface area contributed by atoms with Crippen LogP contribution in [0.25, 0.3) is 98.7 Å². The van der Waals surface area contributed by atoms with Crippen LogP contribution in [0.15, 0.2) is 224 Å². The monoisotopic (exact) mass is 747 g/mol. The van der Waals surface area contributed by atoms with Crippen molar-refractivity contribution in [2.45, 2.75) is 0 Å². The molecule has 0 unspecified atom stereocenters. The summed E-state index contributed by atoms with van der Waals surface area (Å²) in [4.78, 5) is 2.41. The summed E-state index contributed by atoms with van der Waals surface area (Å²) in [5, 5.41) is 10.2. The zero-order valence-corrected chi connectivity index (χ0v) is 32.3. The fourth-order valence-corrected chi connectivity index (χ4v) is 9.60. The molecule has 1 nitrogen and oxygen atoms in total. The average Bonchev–Trinajstić information content (AvgIpc) is 3.64. The van der Waals surface area contributed by atoms with Crippen molar-refractivity contribution in [3.63, 3.8) is 0 Å². The van der Waals surface area contributed by atoms with Gasteiger partial charge in [0.15, 0.2) is 0 Å². The molecule has 1 aliphatic carbocycles. The molecule has 0 bridgehead atoms. The van der Waals surface area contributed by atoms with Crippen molar-refractivity contribution in [1.82, 2.24) is 0 Å². The largest absolute Gasteiger partial charge is 0.310 e. The van der Waals surface area contributed by atoms with E-state index in [4.69, 9.17) is 0 Å². The molecule has 0 amide bonds. The minimum atomic E-state index is 1.10. The van der Waals surface area contributed by atoms with Crippen molar-refractivity contribution in [2.75, 3.05) is 4.90 Å². The minimum Gasteiger partial charge on any atom is -0.310 e. The van der Waals surface area contributed by atoms with E-state index in [0.717, 1.165) is 17.1 Å². The van der Waals surface area contributed by atoms with Crippen LogP contribution in [0.1, 0.15) is 0 Å². The third-order valence-electron chi connectivity index (χ3n) is 12.4. The van der Waals surface area contributed by atoms with Gasteiger partial charge in [0.1, 0.15) is 0 Å². The number of fused-ring (bicyclic) bond motifs is 7. The molecule has 274 valence electrons. The van der Waals surface area contributed by atoms with Gasteiger partial charge < -0.3 is 4.90 Å². The van der Waals surface area contributed by atoms with Crippen LogP contribution in [0.5, 0.6) is 0 Å². The molecule has 0 aliphatic heterocycles. The summed E-state index contributed by atoms with van der Waals surface area (Å²) in [6, 6.07) is 82.6. The Morgan fingerprint density at radius 1 is 0.220 bits per heavy atom. The Labute approximate surface area is 343 Å².